The third kappa shape index (κ3) is 2.27. The van der Waals surface area contributed by atoms with Crippen molar-refractivity contribution in [3.05, 3.63) is 42.9 Å². The molecule has 22 heavy (non-hydrogen) atoms. The van der Waals surface area contributed by atoms with E-state index in [2.05, 4.69) is 9.88 Å². The Morgan fingerprint density at radius 2 is 1.86 bits per heavy atom. The van der Waals surface area contributed by atoms with E-state index in [1.54, 1.807) is 18.3 Å². The van der Waals surface area contributed by atoms with E-state index >= 15 is 0 Å². The van der Waals surface area contributed by atoms with Crippen molar-refractivity contribution < 1.29 is 9.84 Å². The van der Waals surface area contributed by atoms with Gasteiger partial charge in [-0.1, -0.05) is 0 Å². The summed E-state index contributed by atoms with van der Waals surface area (Å²) in [5, 5.41) is 9.44. The molecular weight excluding hydrogens is 280 g/mol. The third-order valence-corrected chi connectivity index (χ3v) is 3.83. The fraction of sp³-hybridized carbons (Fsp3) is 0.250. The summed E-state index contributed by atoms with van der Waals surface area (Å²) in [6, 6.07) is 7.07. The monoisotopic (exact) mass is 296 g/mol. The number of anilines is 1. The number of nitrogens with zero attached hydrogens (tertiary/aromatic N) is 4. The molecule has 0 amide bonds. The molecule has 1 aliphatic rings. The molecule has 0 atom stereocenters. The van der Waals surface area contributed by atoms with E-state index in [0.717, 1.165) is 35.8 Å². The quantitative estimate of drug-likeness (QED) is 0.783. The number of hydrogen-bond donors (Lipinski definition) is 1. The van der Waals surface area contributed by atoms with E-state index in [1.165, 1.54) is 0 Å². The molecule has 1 aliphatic heterocycles. The molecule has 1 saturated heterocycles. The lowest BCUT2D eigenvalue weighted by Gasteiger charge is -2.28. The zero-order valence-electron chi connectivity index (χ0n) is 12.0. The van der Waals surface area contributed by atoms with Crippen molar-refractivity contribution >= 4 is 11.5 Å². The maximum absolute atomic E-state index is 9.44. The normalized spacial score (nSPS) is 15.4. The Bertz CT molecular complexity index is 792. The van der Waals surface area contributed by atoms with Gasteiger partial charge in [-0.25, -0.2) is 9.97 Å². The molecule has 1 N–H and O–H groups in total. The first kappa shape index (κ1) is 13.1. The average molecular weight is 296 g/mol. The summed E-state index contributed by atoms with van der Waals surface area (Å²) >= 11 is 0. The summed E-state index contributed by atoms with van der Waals surface area (Å²) in [6.07, 6.45) is 5.66. The van der Waals surface area contributed by atoms with Crippen molar-refractivity contribution in [2.75, 3.05) is 31.2 Å². The Morgan fingerprint density at radius 1 is 1.09 bits per heavy atom. The summed E-state index contributed by atoms with van der Waals surface area (Å²) in [6.45, 7) is 3.04. The van der Waals surface area contributed by atoms with Crippen molar-refractivity contribution in [1.29, 1.82) is 0 Å². The molecule has 0 radical (unpaired) electrons. The minimum atomic E-state index is 0.251. The number of aromatic nitrogens is 3. The molecule has 0 bridgehead atoms. The van der Waals surface area contributed by atoms with Crippen LogP contribution in [-0.2, 0) is 4.74 Å². The molecule has 112 valence electrons. The van der Waals surface area contributed by atoms with Gasteiger partial charge in [-0.3, -0.25) is 0 Å². The van der Waals surface area contributed by atoms with Crippen molar-refractivity contribution in [1.82, 2.24) is 14.4 Å². The molecule has 0 aliphatic carbocycles. The molecule has 0 unspecified atom stereocenters. The fourth-order valence-corrected chi connectivity index (χ4v) is 2.67. The first-order valence-corrected chi connectivity index (χ1v) is 7.27. The Kier molecular flexibility index (Phi) is 3.16. The number of fused-ring (bicyclic) bond motifs is 1. The largest absolute Gasteiger partial charge is 0.508 e. The lowest BCUT2D eigenvalue weighted by molar-refractivity contribution is 0.122. The Balaban J connectivity index is 1.84. The number of benzene rings is 1. The van der Waals surface area contributed by atoms with Gasteiger partial charge in [0.05, 0.1) is 18.9 Å². The second-order valence-corrected chi connectivity index (χ2v) is 5.25. The van der Waals surface area contributed by atoms with E-state index in [-0.39, 0.29) is 5.75 Å². The molecule has 1 fully saturated rings. The predicted molar refractivity (Wildman–Crippen MR) is 83.1 cm³/mol. The first-order valence-electron chi connectivity index (χ1n) is 7.27. The molecule has 0 spiro atoms. The van der Waals surface area contributed by atoms with Gasteiger partial charge in [0, 0.05) is 37.2 Å². The molecule has 3 heterocycles. The van der Waals surface area contributed by atoms with Gasteiger partial charge in [0.25, 0.3) is 0 Å². The highest BCUT2D eigenvalue weighted by Crippen LogP contribution is 2.26. The second kappa shape index (κ2) is 5.31. The zero-order chi connectivity index (χ0) is 14.9. The fourth-order valence-electron chi connectivity index (χ4n) is 2.67. The minimum Gasteiger partial charge on any atom is -0.508 e. The van der Waals surface area contributed by atoms with Crippen molar-refractivity contribution in [3.63, 3.8) is 0 Å². The highest BCUT2D eigenvalue weighted by atomic mass is 16.5. The number of phenols is 1. The third-order valence-electron chi connectivity index (χ3n) is 3.83. The molecule has 6 heteroatoms. The van der Waals surface area contributed by atoms with Crippen LogP contribution in [0, 0.1) is 0 Å². The highest BCUT2D eigenvalue weighted by molar-refractivity contribution is 5.70. The Morgan fingerprint density at radius 3 is 2.64 bits per heavy atom. The van der Waals surface area contributed by atoms with Crippen LogP contribution >= 0.6 is 0 Å². The van der Waals surface area contributed by atoms with Crippen LogP contribution in [0.2, 0.25) is 0 Å². The van der Waals surface area contributed by atoms with Crippen LogP contribution in [0.5, 0.6) is 5.75 Å². The summed E-state index contributed by atoms with van der Waals surface area (Å²) in [4.78, 5) is 11.4. The molecule has 1 aromatic carbocycles. The van der Waals surface area contributed by atoms with Crippen LogP contribution in [0.1, 0.15) is 0 Å². The maximum Gasteiger partial charge on any atom is 0.180 e. The zero-order valence-corrected chi connectivity index (χ0v) is 12.0. The van der Waals surface area contributed by atoms with Crippen molar-refractivity contribution in [2.45, 2.75) is 0 Å². The van der Waals surface area contributed by atoms with Gasteiger partial charge >= 0.3 is 0 Å². The van der Waals surface area contributed by atoms with Crippen molar-refractivity contribution in [3.8, 4) is 17.0 Å². The topological polar surface area (TPSA) is 62.9 Å². The standard InChI is InChI=1S/C16H16N4O2/c21-13-3-1-12(2-4-13)14-11-20-6-5-17-15(20)16(18-14)19-7-9-22-10-8-19/h1-6,11,21H,7-10H2. The number of ether oxygens (including phenoxy) is 1. The number of hydrogen-bond acceptors (Lipinski definition) is 5. The van der Waals surface area contributed by atoms with E-state index in [0.29, 0.717) is 13.2 Å². The molecule has 2 aromatic heterocycles. The summed E-state index contributed by atoms with van der Waals surface area (Å²) in [5.41, 5.74) is 2.67. The number of imidazole rings is 1. The van der Waals surface area contributed by atoms with Crippen LogP contribution in [0.15, 0.2) is 42.9 Å². The molecule has 3 aromatic rings. The van der Waals surface area contributed by atoms with Crippen LogP contribution in [-0.4, -0.2) is 45.8 Å². The SMILES string of the molecule is Oc1ccc(-c2cn3ccnc3c(N3CCOCC3)n2)cc1. The van der Waals surface area contributed by atoms with E-state index in [9.17, 15) is 5.11 Å². The molecule has 6 nitrogen and oxygen atoms in total. The minimum absolute atomic E-state index is 0.251. The molecular formula is C16H16N4O2. The summed E-state index contributed by atoms with van der Waals surface area (Å²) in [7, 11) is 0. The van der Waals surface area contributed by atoms with Gasteiger partial charge < -0.3 is 19.1 Å². The van der Waals surface area contributed by atoms with E-state index in [4.69, 9.17) is 9.72 Å². The predicted octanol–water partition coefficient (Wildman–Crippen LogP) is 1.94. The number of phenolic OH excluding ortho intramolecular Hbond substituents is 1. The number of morpholine rings is 1. The maximum atomic E-state index is 9.44. The Labute approximate surface area is 127 Å². The van der Waals surface area contributed by atoms with E-state index in [1.807, 2.05) is 28.9 Å². The van der Waals surface area contributed by atoms with Gasteiger partial charge in [0.2, 0.25) is 0 Å². The van der Waals surface area contributed by atoms with E-state index < -0.39 is 0 Å². The van der Waals surface area contributed by atoms with Crippen LogP contribution < -0.4 is 4.90 Å². The van der Waals surface area contributed by atoms with Crippen LogP contribution in [0.4, 0.5) is 5.82 Å². The second-order valence-electron chi connectivity index (χ2n) is 5.25. The van der Waals surface area contributed by atoms with Crippen LogP contribution in [0.3, 0.4) is 0 Å². The lowest BCUT2D eigenvalue weighted by Crippen LogP contribution is -2.37. The van der Waals surface area contributed by atoms with Gasteiger partial charge in [0.15, 0.2) is 11.5 Å². The van der Waals surface area contributed by atoms with Gasteiger partial charge in [-0.15, -0.1) is 0 Å². The summed E-state index contributed by atoms with van der Waals surface area (Å²) in [5.74, 6) is 1.12. The van der Waals surface area contributed by atoms with Gasteiger partial charge in [-0.05, 0) is 24.3 Å². The number of rotatable bonds is 2. The highest BCUT2D eigenvalue weighted by Gasteiger charge is 2.18. The summed E-state index contributed by atoms with van der Waals surface area (Å²) < 4.78 is 7.40. The van der Waals surface area contributed by atoms with Crippen molar-refractivity contribution in [2.24, 2.45) is 0 Å². The Hall–Kier alpha value is -2.60. The van der Waals surface area contributed by atoms with Gasteiger partial charge in [-0.2, -0.15) is 0 Å². The first-order chi connectivity index (χ1) is 10.8. The molecule has 0 saturated carbocycles. The number of aromatic hydroxyl groups is 1. The smallest absolute Gasteiger partial charge is 0.180 e. The lowest BCUT2D eigenvalue weighted by atomic mass is 10.1. The molecule has 4 rings (SSSR count). The van der Waals surface area contributed by atoms with Gasteiger partial charge in [0.1, 0.15) is 5.75 Å². The average Bonchev–Trinajstić information content (AvgIpc) is 3.04. The van der Waals surface area contributed by atoms with Crippen LogP contribution in [0.25, 0.3) is 16.9 Å².